The molecule has 84 valence electrons. The van der Waals surface area contributed by atoms with Crippen LogP contribution in [0.5, 0.6) is 0 Å². The number of hydrogen-bond acceptors (Lipinski definition) is 2. The Labute approximate surface area is 101 Å². The van der Waals surface area contributed by atoms with Crippen LogP contribution in [0.25, 0.3) is 10.4 Å². The van der Waals surface area contributed by atoms with Crippen LogP contribution in [0.4, 0.5) is 0 Å². The molecule has 2 heteroatoms. The summed E-state index contributed by atoms with van der Waals surface area (Å²) in [6.45, 7) is 4.47. The molecule has 0 aliphatic rings. The SMILES string of the molecule is CCCc1sc(-c2cccnc2)cc1CC. The fourth-order valence-corrected chi connectivity index (χ4v) is 3.20. The molecular formula is C14H17NS. The molecule has 0 fully saturated rings. The standard InChI is InChI=1S/C14H17NS/c1-3-6-13-11(4-2)9-14(16-13)12-7-5-8-15-10-12/h5,7-10H,3-4,6H2,1-2H3. The maximum absolute atomic E-state index is 4.18. The van der Waals surface area contributed by atoms with Crippen LogP contribution < -0.4 is 0 Å². The van der Waals surface area contributed by atoms with Crippen molar-refractivity contribution in [2.75, 3.05) is 0 Å². The van der Waals surface area contributed by atoms with Crippen molar-refractivity contribution in [2.24, 2.45) is 0 Å². The zero-order chi connectivity index (χ0) is 11.4. The van der Waals surface area contributed by atoms with Gasteiger partial charge in [-0.3, -0.25) is 4.98 Å². The molecule has 0 radical (unpaired) electrons. The van der Waals surface area contributed by atoms with Crippen molar-refractivity contribution in [1.29, 1.82) is 0 Å². The van der Waals surface area contributed by atoms with Crippen molar-refractivity contribution in [2.45, 2.75) is 33.1 Å². The van der Waals surface area contributed by atoms with Crippen molar-refractivity contribution >= 4 is 11.3 Å². The second-order valence-corrected chi connectivity index (χ2v) is 5.04. The van der Waals surface area contributed by atoms with Gasteiger partial charge in [-0.1, -0.05) is 26.3 Å². The molecular weight excluding hydrogens is 214 g/mol. The van der Waals surface area contributed by atoms with Gasteiger partial charge in [0.25, 0.3) is 0 Å². The van der Waals surface area contributed by atoms with Crippen molar-refractivity contribution < 1.29 is 0 Å². The van der Waals surface area contributed by atoms with Crippen molar-refractivity contribution in [3.8, 4) is 10.4 Å². The van der Waals surface area contributed by atoms with Crippen LogP contribution >= 0.6 is 11.3 Å². The maximum Gasteiger partial charge on any atom is 0.0363 e. The molecule has 0 spiro atoms. The van der Waals surface area contributed by atoms with Gasteiger partial charge in [-0.2, -0.15) is 0 Å². The lowest BCUT2D eigenvalue weighted by molar-refractivity contribution is 0.921. The maximum atomic E-state index is 4.18. The monoisotopic (exact) mass is 231 g/mol. The van der Waals surface area contributed by atoms with Gasteiger partial charge >= 0.3 is 0 Å². The smallest absolute Gasteiger partial charge is 0.0363 e. The van der Waals surface area contributed by atoms with Crippen LogP contribution in [0.3, 0.4) is 0 Å². The molecule has 2 aromatic heterocycles. The summed E-state index contributed by atoms with van der Waals surface area (Å²) in [6, 6.07) is 6.46. The minimum absolute atomic E-state index is 1.13. The predicted octanol–water partition coefficient (Wildman–Crippen LogP) is 4.33. The van der Waals surface area contributed by atoms with Gasteiger partial charge in [0.15, 0.2) is 0 Å². The van der Waals surface area contributed by atoms with E-state index < -0.39 is 0 Å². The number of thiophene rings is 1. The summed E-state index contributed by atoms with van der Waals surface area (Å²) in [5.41, 5.74) is 2.75. The lowest BCUT2D eigenvalue weighted by Crippen LogP contribution is -1.83. The predicted molar refractivity (Wildman–Crippen MR) is 70.9 cm³/mol. The molecule has 16 heavy (non-hydrogen) atoms. The van der Waals surface area contributed by atoms with E-state index >= 15 is 0 Å². The molecule has 0 atom stereocenters. The van der Waals surface area contributed by atoms with E-state index in [0.29, 0.717) is 0 Å². The Morgan fingerprint density at radius 2 is 2.19 bits per heavy atom. The molecule has 0 N–H and O–H groups in total. The number of nitrogens with zero attached hydrogens (tertiary/aromatic N) is 1. The van der Waals surface area contributed by atoms with Crippen LogP contribution in [0.2, 0.25) is 0 Å². The second kappa shape index (κ2) is 5.26. The van der Waals surface area contributed by atoms with Crippen LogP contribution in [0, 0.1) is 0 Å². The first-order valence-corrected chi connectivity index (χ1v) is 6.68. The number of rotatable bonds is 4. The van der Waals surface area contributed by atoms with Crippen LogP contribution in [0.15, 0.2) is 30.6 Å². The first-order valence-electron chi connectivity index (χ1n) is 5.87. The summed E-state index contributed by atoms with van der Waals surface area (Å²) in [5, 5.41) is 0. The largest absolute Gasteiger partial charge is 0.264 e. The van der Waals surface area contributed by atoms with E-state index in [1.165, 1.54) is 28.8 Å². The third kappa shape index (κ3) is 2.33. The number of pyridine rings is 1. The Hall–Kier alpha value is -1.15. The van der Waals surface area contributed by atoms with Crippen LogP contribution in [-0.2, 0) is 12.8 Å². The van der Waals surface area contributed by atoms with Gasteiger partial charge in [0.05, 0.1) is 0 Å². The van der Waals surface area contributed by atoms with Gasteiger partial charge in [0.2, 0.25) is 0 Å². The summed E-state index contributed by atoms with van der Waals surface area (Å²) < 4.78 is 0. The Morgan fingerprint density at radius 3 is 2.81 bits per heavy atom. The topological polar surface area (TPSA) is 12.9 Å². The van der Waals surface area contributed by atoms with Crippen LogP contribution in [-0.4, -0.2) is 4.98 Å². The van der Waals surface area contributed by atoms with E-state index in [0.717, 1.165) is 6.42 Å². The third-order valence-corrected chi connectivity index (χ3v) is 3.99. The lowest BCUT2D eigenvalue weighted by atomic mass is 10.1. The van der Waals surface area contributed by atoms with E-state index in [1.807, 2.05) is 29.8 Å². The second-order valence-electron chi connectivity index (χ2n) is 3.90. The molecule has 0 saturated heterocycles. The lowest BCUT2D eigenvalue weighted by Gasteiger charge is -1.96. The average molecular weight is 231 g/mol. The molecule has 2 rings (SSSR count). The summed E-state index contributed by atoms with van der Waals surface area (Å²) in [7, 11) is 0. The van der Waals surface area contributed by atoms with Gasteiger partial charge in [0, 0.05) is 27.7 Å². The molecule has 2 aromatic rings. The van der Waals surface area contributed by atoms with Crippen molar-refractivity contribution in [3.05, 3.63) is 41.0 Å². The van der Waals surface area contributed by atoms with Gasteiger partial charge in [0.1, 0.15) is 0 Å². The zero-order valence-electron chi connectivity index (χ0n) is 9.86. The number of aryl methyl sites for hydroxylation is 2. The molecule has 2 heterocycles. The molecule has 0 aliphatic carbocycles. The Morgan fingerprint density at radius 1 is 1.31 bits per heavy atom. The molecule has 1 nitrogen and oxygen atoms in total. The van der Waals surface area contributed by atoms with Gasteiger partial charge < -0.3 is 0 Å². The Kier molecular flexibility index (Phi) is 3.73. The fraction of sp³-hybridized carbons (Fsp3) is 0.357. The van der Waals surface area contributed by atoms with E-state index in [9.17, 15) is 0 Å². The first-order chi connectivity index (χ1) is 7.85. The number of aromatic nitrogens is 1. The van der Waals surface area contributed by atoms with E-state index in [-0.39, 0.29) is 0 Å². The molecule has 0 unspecified atom stereocenters. The molecule has 0 amide bonds. The number of hydrogen-bond donors (Lipinski definition) is 0. The summed E-state index contributed by atoms with van der Waals surface area (Å²) in [6.07, 6.45) is 7.33. The Balaban J connectivity index is 2.36. The van der Waals surface area contributed by atoms with Crippen molar-refractivity contribution in [1.82, 2.24) is 4.98 Å². The van der Waals surface area contributed by atoms with Crippen molar-refractivity contribution in [3.63, 3.8) is 0 Å². The average Bonchev–Trinajstić information content (AvgIpc) is 2.74. The molecule has 0 aliphatic heterocycles. The summed E-state index contributed by atoms with van der Waals surface area (Å²) >= 11 is 1.92. The highest BCUT2D eigenvalue weighted by Gasteiger charge is 2.08. The van der Waals surface area contributed by atoms with Gasteiger partial charge in [-0.15, -0.1) is 11.3 Å². The zero-order valence-corrected chi connectivity index (χ0v) is 10.7. The van der Waals surface area contributed by atoms with Crippen LogP contribution in [0.1, 0.15) is 30.7 Å². The highest BCUT2D eigenvalue weighted by molar-refractivity contribution is 7.15. The minimum atomic E-state index is 1.13. The summed E-state index contributed by atoms with van der Waals surface area (Å²) in [5.74, 6) is 0. The molecule has 0 saturated carbocycles. The summed E-state index contributed by atoms with van der Waals surface area (Å²) in [4.78, 5) is 7.08. The van der Waals surface area contributed by atoms with E-state index in [1.54, 1.807) is 4.88 Å². The fourth-order valence-electron chi connectivity index (χ4n) is 1.86. The molecule has 0 bridgehead atoms. The molecule has 0 aromatic carbocycles. The highest BCUT2D eigenvalue weighted by atomic mass is 32.1. The van der Waals surface area contributed by atoms with Gasteiger partial charge in [-0.25, -0.2) is 0 Å². The van der Waals surface area contributed by atoms with E-state index in [2.05, 4.69) is 31.0 Å². The van der Waals surface area contributed by atoms with Gasteiger partial charge in [-0.05, 0) is 30.5 Å². The Bertz CT molecular complexity index is 445. The minimum Gasteiger partial charge on any atom is -0.264 e. The quantitative estimate of drug-likeness (QED) is 0.763. The highest BCUT2D eigenvalue weighted by Crippen LogP contribution is 2.32. The normalized spacial score (nSPS) is 10.6. The first kappa shape index (κ1) is 11.3. The third-order valence-electron chi connectivity index (χ3n) is 2.70. The van der Waals surface area contributed by atoms with E-state index in [4.69, 9.17) is 0 Å².